The molecule has 0 radical (unpaired) electrons. The smallest absolute Gasteiger partial charge is 0.342 e. The fraction of sp³-hybridized carbons (Fsp3) is 0.519. The molecule has 1 saturated heterocycles. The lowest BCUT2D eigenvalue weighted by Gasteiger charge is -2.27. The molecule has 1 aromatic rings. The van der Waals surface area contributed by atoms with Crippen LogP contribution in [0.15, 0.2) is 36.4 Å². The zero-order valence-electron chi connectivity index (χ0n) is 21.4. The number of carbonyl (C=O) groups is 3. The van der Waals surface area contributed by atoms with Crippen molar-refractivity contribution >= 4 is 17.8 Å². The molecule has 2 aliphatic heterocycles. The summed E-state index contributed by atoms with van der Waals surface area (Å²) in [6, 6.07) is 1.71. The van der Waals surface area contributed by atoms with Crippen LogP contribution in [0.3, 0.4) is 0 Å². The molecule has 1 unspecified atom stereocenters. The van der Waals surface area contributed by atoms with Crippen molar-refractivity contribution in [2.75, 3.05) is 19.7 Å². The number of benzene rings is 1. The van der Waals surface area contributed by atoms with Crippen LogP contribution in [0.1, 0.15) is 61.9 Å². The minimum absolute atomic E-state index is 0.0357. The van der Waals surface area contributed by atoms with E-state index in [0.29, 0.717) is 18.4 Å². The molecule has 2 amide bonds. The van der Waals surface area contributed by atoms with E-state index in [1.54, 1.807) is 17.9 Å². The number of phenolic OH excluding ortho intramolecular Hbond substituents is 2. The third-order valence-electron chi connectivity index (χ3n) is 6.26. The maximum Gasteiger partial charge on any atom is 0.342 e. The SMILES string of the molecule is CC(=O)N[C@H]1/C=C/C[C@@H](C)OC(=O)c2c(O)cc(O)cc2CC(NOCC(=O)N2CCCCC2)/C=C/C1. The minimum atomic E-state index is -0.715. The summed E-state index contributed by atoms with van der Waals surface area (Å²) in [5, 5.41) is 23.4. The number of nitrogens with one attached hydrogen (secondary N) is 2. The first kappa shape index (κ1) is 28.2. The van der Waals surface area contributed by atoms with Crippen LogP contribution < -0.4 is 10.8 Å². The Kier molecular flexibility index (Phi) is 10.5. The van der Waals surface area contributed by atoms with Crippen LogP contribution in [0.2, 0.25) is 0 Å². The van der Waals surface area contributed by atoms with Crippen molar-refractivity contribution in [3.63, 3.8) is 0 Å². The summed E-state index contributed by atoms with van der Waals surface area (Å²) in [7, 11) is 0. The molecule has 10 nitrogen and oxygen atoms in total. The number of hydrogen-bond acceptors (Lipinski definition) is 8. The van der Waals surface area contributed by atoms with Crippen molar-refractivity contribution in [2.24, 2.45) is 0 Å². The van der Waals surface area contributed by atoms with Crippen LogP contribution >= 0.6 is 0 Å². The monoisotopic (exact) mass is 515 g/mol. The Balaban J connectivity index is 1.82. The number of ether oxygens (including phenoxy) is 1. The van der Waals surface area contributed by atoms with Gasteiger partial charge in [-0.2, -0.15) is 5.48 Å². The average molecular weight is 516 g/mol. The number of hydroxylamine groups is 1. The van der Waals surface area contributed by atoms with Gasteiger partial charge in [-0.1, -0.05) is 24.3 Å². The number of nitrogens with zero attached hydrogens (tertiary/aromatic N) is 1. The van der Waals surface area contributed by atoms with Crippen molar-refractivity contribution in [1.82, 2.24) is 15.7 Å². The summed E-state index contributed by atoms with van der Waals surface area (Å²) >= 11 is 0. The molecule has 0 saturated carbocycles. The number of piperidine rings is 1. The summed E-state index contributed by atoms with van der Waals surface area (Å²) in [6.07, 6.45) is 11.0. The zero-order valence-corrected chi connectivity index (χ0v) is 21.4. The van der Waals surface area contributed by atoms with Crippen molar-refractivity contribution in [1.29, 1.82) is 0 Å². The number of amides is 2. The number of phenols is 2. The lowest BCUT2D eigenvalue weighted by Crippen LogP contribution is -2.40. The molecule has 0 aliphatic carbocycles. The third-order valence-corrected chi connectivity index (χ3v) is 6.26. The van der Waals surface area contributed by atoms with E-state index in [4.69, 9.17) is 9.57 Å². The number of likely N-dealkylation sites (tertiary alicyclic amines) is 1. The van der Waals surface area contributed by atoms with Crippen LogP contribution in [0, 0.1) is 0 Å². The Labute approximate surface area is 217 Å². The second kappa shape index (κ2) is 13.8. The quantitative estimate of drug-likeness (QED) is 0.267. The molecule has 2 aliphatic rings. The van der Waals surface area contributed by atoms with E-state index in [-0.39, 0.29) is 47.9 Å². The Morgan fingerprint density at radius 3 is 2.51 bits per heavy atom. The normalized spacial score (nSPS) is 24.8. The number of fused-ring (bicyclic) bond motifs is 1. The van der Waals surface area contributed by atoms with Crippen molar-refractivity contribution in [2.45, 2.75) is 70.6 Å². The highest BCUT2D eigenvalue weighted by Gasteiger charge is 2.24. The lowest BCUT2D eigenvalue weighted by molar-refractivity contribution is -0.140. The van der Waals surface area contributed by atoms with Gasteiger partial charge in [0.05, 0.1) is 12.1 Å². The summed E-state index contributed by atoms with van der Waals surface area (Å²) in [5.74, 6) is -1.58. The van der Waals surface area contributed by atoms with Crippen LogP contribution in [0.25, 0.3) is 0 Å². The number of cyclic esters (lactones) is 1. The molecule has 2 heterocycles. The van der Waals surface area contributed by atoms with E-state index in [1.165, 1.54) is 13.0 Å². The zero-order chi connectivity index (χ0) is 26.8. The largest absolute Gasteiger partial charge is 0.508 e. The first-order valence-corrected chi connectivity index (χ1v) is 12.7. The Hall–Kier alpha value is -3.37. The summed E-state index contributed by atoms with van der Waals surface area (Å²) in [4.78, 5) is 44.4. The van der Waals surface area contributed by atoms with Gasteiger partial charge in [-0.3, -0.25) is 14.4 Å². The predicted octanol–water partition coefficient (Wildman–Crippen LogP) is 2.50. The van der Waals surface area contributed by atoms with Gasteiger partial charge in [-0.05, 0) is 50.7 Å². The van der Waals surface area contributed by atoms with E-state index in [2.05, 4.69) is 10.8 Å². The van der Waals surface area contributed by atoms with E-state index in [9.17, 15) is 24.6 Å². The molecular formula is C27H37N3O7. The molecule has 1 aromatic carbocycles. The molecular weight excluding hydrogens is 478 g/mol. The van der Waals surface area contributed by atoms with Crippen molar-refractivity contribution in [3.8, 4) is 11.5 Å². The van der Waals surface area contributed by atoms with Crippen LogP contribution in [-0.2, 0) is 25.6 Å². The molecule has 202 valence electrons. The molecule has 37 heavy (non-hydrogen) atoms. The van der Waals surface area contributed by atoms with E-state index in [0.717, 1.165) is 38.4 Å². The molecule has 3 atom stereocenters. The number of rotatable bonds is 5. The molecule has 3 rings (SSSR count). The fourth-order valence-corrected chi connectivity index (χ4v) is 4.46. The Morgan fingerprint density at radius 1 is 1.08 bits per heavy atom. The predicted molar refractivity (Wildman–Crippen MR) is 137 cm³/mol. The van der Waals surface area contributed by atoms with Gasteiger partial charge >= 0.3 is 5.97 Å². The highest BCUT2D eigenvalue weighted by atomic mass is 16.6. The van der Waals surface area contributed by atoms with Gasteiger partial charge in [-0.25, -0.2) is 4.79 Å². The molecule has 0 bridgehead atoms. The molecule has 10 heteroatoms. The average Bonchev–Trinajstić information content (AvgIpc) is 2.82. The highest BCUT2D eigenvalue weighted by molar-refractivity contribution is 5.94. The van der Waals surface area contributed by atoms with Crippen LogP contribution in [0.5, 0.6) is 11.5 Å². The van der Waals surface area contributed by atoms with Gasteiger partial charge in [0.15, 0.2) is 0 Å². The lowest BCUT2D eigenvalue weighted by atomic mass is 9.98. The van der Waals surface area contributed by atoms with Gasteiger partial charge in [0.25, 0.3) is 5.91 Å². The van der Waals surface area contributed by atoms with Gasteiger partial charge in [0.2, 0.25) is 5.91 Å². The maximum atomic E-state index is 12.9. The number of aromatic hydroxyl groups is 2. The van der Waals surface area contributed by atoms with Crippen LogP contribution in [0.4, 0.5) is 0 Å². The fourth-order valence-electron chi connectivity index (χ4n) is 4.46. The van der Waals surface area contributed by atoms with E-state index < -0.39 is 18.1 Å². The second-order valence-electron chi connectivity index (χ2n) is 9.51. The van der Waals surface area contributed by atoms with Gasteiger partial charge in [0, 0.05) is 32.5 Å². The third kappa shape index (κ3) is 8.91. The number of hydrogen-bond donors (Lipinski definition) is 4. The minimum Gasteiger partial charge on any atom is -0.508 e. The second-order valence-corrected chi connectivity index (χ2v) is 9.51. The number of esters is 1. The van der Waals surface area contributed by atoms with Crippen LogP contribution in [-0.4, -0.2) is 70.8 Å². The molecule has 1 fully saturated rings. The van der Waals surface area contributed by atoms with Crippen molar-refractivity contribution < 1.29 is 34.2 Å². The topological polar surface area (TPSA) is 137 Å². The van der Waals surface area contributed by atoms with Gasteiger partial charge in [-0.15, -0.1) is 0 Å². The first-order valence-electron chi connectivity index (χ1n) is 12.7. The van der Waals surface area contributed by atoms with E-state index in [1.807, 2.05) is 18.2 Å². The summed E-state index contributed by atoms with van der Waals surface area (Å²) in [5.41, 5.74) is 3.20. The highest BCUT2D eigenvalue weighted by Crippen LogP contribution is 2.30. The van der Waals surface area contributed by atoms with Gasteiger partial charge < -0.3 is 25.2 Å². The Bertz CT molecular complexity index is 1020. The van der Waals surface area contributed by atoms with E-state index >= 15 is 0 Å². The maximum absolute atomic E-state index is 12.9. The summed E-state index contributed by atoms with van der Waals surface area (Å²) in [6.45, 7) is 4.46. The summed E-state index contributed by atoms with van der Waals surface area (Å²) < 4.78 is 5.53. The molecule has 4 N–H and O–H groups in total. The molecule has 0 aromatic heterocycles. The molecule has 0 spiro atoms. The standard InChI is InChI=1S/C27H37N3O7/c1-18-8-6-9-21(28-19(2)31)10-7-11-22(29-36-17-25(34)30-12-4-3-5-13-30)14-20-15-23(32)16-24(33)26(20)27(35)37-18/h6-7,9,11,15-16,18,21-22,29,32-33H,3-5,8,10,12-14,17H2,1-2H3,(H,28,31)/b9-6+,11-7+/t18-,21+,22?/m1/s1. The van der Waals surface area contributed by atoms with Crippen molar-refractivity contribution in [3.05, 3.63) is 47.6 Å². The number of carbonyl (C=O) groups excluding carboxylic acids is 3. The Morgan fingerprint density at radius 2 is 1.78 bits per heavy atom. The first-order chi connectivity index (χ1) is 17.7. The van der Waals surface area contributed by atoms with Gasteiger partial charge in [0.1, 0.15) is 29.8 Å².